The van der Waals surface area contributed by atoms with Gasteiger partial charge in [-0.25, -0.2) is 36.6 Å². The Hall–Kier alpha value is -3.91. The smallest absolute Gasteiger partial charge is 0.424 e. The fraction of sp³-hybridized carbons (Fsp3) is 0.500. The van der Waals surface area contributed by atoms with Gasteiger partial charge in [-0.1, -0.05) is 14.9 Å². The van der Waals surface area contributed by atoms with Gasteiger partial charge in [-0.3, -0.25) is 0 Å². The van der Waals surface area contributed by atoms with Crippen molar-refractivity contribution in [2.45, 2.75) is 115 Å². The van der Waals surface area contributed by atoms with E-state index in [-0.39, 0.29) is 49.8 Å². The molecule has 1 fully saturated rings. The van der Waals surface area contributed by atoms with Crippen molar-refractivity contribution in [3.8, 4) is 34.0 Å². The maximum Gasteiger partial charge on any atom is 0.424 e. The number of nitrogens with one attached hydrogen (secondary N) is 2. The Balaban J connectivity index is 0.000000266. The van der Waals surface area contributed by atoms with Crippen LogP contribution < -0.4 is 24.7 Å². The molecule has 2 aromatic heterocycles. The Bertz CT molecular complexity index is 2320. The molecule has 0 amide bonds. The summed E-state index contributed by atoms with van der Waals surface area (Å²) < 4.78 is 116. The lowest BCUT2D eigenvalue weighted by molar-refractivity contribution is -0.263. The van der Waals surface area contributed by atoms with Crippen LogP contribution in [0.15, 0.2) is 60.7 Å². The first-order valence-corrected chi connectivity index (χ1v) is 21.4. The molecule has 0 bridgehead atoms. The second-order valence-electron chi connectivity index (χ2n) is 17.8. The van der Waals surface area contributed by atoms with Crippen LogP contribution in [0.25, 0.3) is 22.5 Å². The predicted octanol–water partition coefficient (Wildman–Crippen LogP) is 8.32. The second kappa shape index (κ2) is 17.6. The van der Waals surface area contributed by atoms with Gasteiger partial charge in [0.1, 0.15) is 41.8 Å². The van der Waals surface area contributed by atoms with Crippen molar-refractivity contribution in [3.63, 3.8) is 0 Å². The van der Waals surface area contributed by atoms with Gasteiger partial charge in [0.25, 0.3) is 0 Å². The number of nitrogens with zero attached hydrogens (tertiary/aromatic N) is 2. The number of pyridine rings is 2. The number of rotatable bonds is 9. The van der Waals surface area contributed by atoms with E-state index in [1.165, 1.54) is 24.3 Å². The zero-order chi connectivity index (χ0) is 44.4. The monoisotopic (exact) mass is 911 g/mol. The van der Waals surface area contributed by atoms with E-state index < -0.39 is 78.0 Å². The molecule has 0 unspecified atom stereocenters. The first-order chi connectivity index (χ1) is 27.6. The fourth-order valence-corrected chi connectivity index (χ4v) is 8.13. The van der Waals surface area contributed by atoms with Gasteiger partial charge in [-0.05, 0) is 123 Å². The van der Waals surface area contributed by atoms with Crippen molar-refractivity contribution in [2.24, 2.45) is 5.73 Å². The average Bonchev–Trinajstić information content (AvgIpc) is 3.72. The van der Waals surface area contributed by atoms with Crippen LogP contribution in [0.3, 0.4) is 0 Å². The zero-order valence-corrected chi connectivity index (χ0v) is 36.4. The third-order valence-corrected chi connectivity index (χ3v) is 13.9. The number of aliphatic hydroxyl groups is 1. The molecule has 5 heterocycles. The van der Waals surface area contributed by atoms with Crippen LogP contribution in [0.1, 0.15) is 99.7 Å². The van der Waals surface area contributed by atoms with Crippen LogP contribution >= 0.6 is 0 Å². The number of ether oxygens (including phenoxy) is 3. The highest BCUT2D eigenvalue weighted by Gasteiger charge is 2.56. The molecule has 18 heteroatoms. The number of nitrogens with two attached hydrogens (primary N) is 1. The molecule has 2 aromatic carbocycles. The van der Waals surface area contributed by atoms with Gasteiger partial charge in [0.2, 0.25) is 5.60 Å². The number of hydrogen-bond donors (Lipinski definition) is 4. The van der Waals surface area contributed by atoms with Gasteiger partial charge in [0.05, 0.1) is 60.5 Å². The topological polar surface area (TPSA) is 161 Å². The fourth-order valence-electron chi connectivity index (χ4n) is 6.36. The van der Waals surface area contributed by atoms with E-state index in [0.29, 0.717) is 24.7 Å². The third-order valence-electron chi connectivity index (χ3n) is 10.4. The number of fused-ring (bicyclic) bond motifs is 2. The normalized spacial score (nSPS) is 23.4. The van der Waals surface area contributed by atoms with Crippen LogP contribution in [0.4, 0.5) is 22.0 Å². The molecule has 4 aromatic rings. The molecule has 0 spiro atoms. The van der Waals surface area contributed by atoms with E-state index >= 15 is 0 Å². The molecule has 3 aliphatic heterocycles. The quantitative estimate of drug-likeness (QED) is 0.0957. The van der Waals surface area contributed by atoms with E-state index in [2.05, 4.69) is 14.4 Å². The molecular formula is C44H58F5N5O6S2. The van der Waals surface area contributed by atoms with Crippen LogP contribution in [-0.2, 0) is 49.0 Å². The minimum atomic E-state index is -5.11. The Morgan fingerprint density at radius 3 is 1.45 bits per heavy atom. The molecule has 5 N–H and O–H groups in total. The highest BCUT2D eigenvalue weighted by atomic mass is 32.2. The SMILES string of the molecule is C.C.CC(C)(C)[S@@](=O)N[C@@]1(C)COc2c1cc([C@@](O)(CN)C(F)(F)F)nc2-c1ccc(F)cc1.CC(C)(C)[S@@](=O)N[C@@]1(C)COc2c1cc([C@]1(C)CO1)nc2-c1ccc(F)cc1. The highest BCUT2D eigenvalue weighted by molar-refractivity contribution is 7.84. The minimum absolute atomic E-state index is 0. The standard InChI is InChI=1S/C21H25F4N3O3S.C21H25FN2O3S.2CH4/c1-18(2,3)32(30)28-19(4)11-31-17-14(19)9-15(20(29,10-26)21(23,24)25)27-16(17)12-5-7-13(22)8-6-12;1-19(2,3)28(25)24-20(4)11-26-18-15(20)10-16(21(5)12-27-21)23-17(18)13-6-8-14(22)9-7-13;;/h5-9,28-29H,10-11,26H2,1-4H3;6-10,24H,11-12H2,1-5H3;2*1H4/t19-,20-,32+;20-,21-,28+;;/m00../s1. The summed E-state index contributed by atoms with van der Waals surface area (Å²) in [7, 11) is -2.86. The number of halogens is 5. The number of epoxide rings is 1. The number of hydrogen-bond acceptors (Lipinski definition) is 9. The molecule has 11 nitrogen and oxygen atoms in total. The van der Waals surface area contributed by atoms with E-state index in [0.717, 1.165) is 35.0 Å². The van der Waals surface area contributed by atoms with Gasteiger partial charge in [0.15, 0.2) is 11.5 Å². The maximum absolute atomic E-state index is 13.8. The van der Waals surface area contributed by atoms with Crippen molar-refractivity contribution in [1.82, 2.24) is 19.4 Å². The second-order valence-corrected chi connectivity index (χ2v) is 21.7. The lowest BCUT2D eigenvalue weighted by Gasteiger charge is -2.31. The van der Waals surface area contributed by atoms with Gasteiger partial charge >= 0.3 is 6.18 Å². The summed E-state index contributed by atoms with van der Waals surface area (Å²) in [5, 5.41) is 10.5. The summed E-state index contributed by atoms with van der Waals surface area (Å²) in [6.45, 7) is 16.4. The highest BCUT2D eigenvalue weighted by Crippen LogP contribution is 2.49. The van der Waals surface area contributed by atoms with Crippen LogP contribution in [0, 0.1) is 11.6 Å². The molecule has 7 rings (SSSR count). The van der Waals surface area contributed by atoms with E-state index in [4.69, 9.17) is 24.9 Å². The van der Waals surface area contributed by atoms with Crippen LogP contribution in [-0.4, -0.2) is 65.5 Å². The molecule has 0 saturated carbocycles. The van der Waals surface area contributed by atoms with Gasteiger partial charge < -0.3 is 25.1 Å². The average molecular weight is 912 g/mol. The third kappa shape index (κ3) is 9.91. The lowest BCUT2D eigenvalue weighted by Crippen LogP contribution is -2.50. The van der Waals surface area contributed by atoms with E-state index in [1.807, 2.05) is 40.7 Å². The molecule has 62 heavy (non-hydrogen) atoms. The minimum Gasteiger partial charge on any atom is -0.489 e. The van der Waals surface area contributed by atoms with Crippen molar-refractivity contribution >= 4 is 22.0 Å². The molecule has 3 aliphatic rings. The summed E-state index contributed by atoms with van der Waals surface area (Å²) in [5.41, 5.74) is 2.56. The summed E-state index contributed by atoms with van der Waals surface area (Å²) in [4.78, 5) is 8.84. The summed E-state index contributed by atoms with van der Waals surface area (Å²) in [6, 6.07) is 14.2. The number of aromatic nitrogens is 2. The maximum atomic E-state index is 13.8. The van der Waals surface area contributed by atoms with Crippen LogP contribution in [0.2, 0.25) is 0 Å². The van der Waals surface area contributed by atoms with Gasteiger partial charge in [0, 0.05) is 28.8 Å². The van der Waals surface area contributed by atoms with E-state index in [9.17, 15) is 35.5 Å². The zero-order valence-electron chi connectivity index (χ0n) is 34.8. The molecular weight excluding hydrogens is 854 g/mol. The molecule has 6 atom stereocenters. The summed E-state index contributed by atoms with van der Waals surface area (Å²) in [6.07, 6.45) is -5.11. The summed E-state index contributed by atoms with van der Waals surface area (Å²) in [5.74, 6) is -0.0475. The molecule has 0 aliphatic carbocycles. The number of alkyl halides is 3. The van der Waals surface area contributed by atoms with Gasteiger partial charge in [-0.15, -0.1) is 0 Å². The van der Waals surface area contributed by atoms with Crippen LogP contribution in [0.5, 0.6) is 11.5 Å². The van der Waals surface area contributed by atoms with Crippen molar-refractivity contribution in [3.05, 3.63) is 94.8 Å². The first-order valence-electron chi connectivity index (χ1n) is 19.1. The first kappa shape index (κ1) is 50.7. The molecule has 0 radical (unpaired) electrons. The molecule has 342 valence electrons. The van der Waals surface area contributed by atoms with E-state index in [1.54, 1.807) is 39.8 Å². The Morgan fingerprint density at radius 1 is 0.710 bits per heavy atom. The predicted molar refractivity (Wildman–Crippen MR) is 233 cm³/mol. The van der Waals surface area contributed by atoms with Crippen molar-refractivity contribution in [1.29, 1.82) is 0 Å². The number of benzene rings is 2. The van der Waals surface area contributed by atoms with Crippen molar-refractivity contribution in [2.75, 3.05) is 26.4 Å². The molecule has 1 saturated heterocycles. The lowest BCUT2D eigenvalue weighted by atomic mass is 9.89. The Morgan fingerprint density at radius 2 is 1.10 bits per heavy atom. The van der Waals surface area contributed by atoms with Gasteiger partial charge in [-0.2, -0.15) is 13.2 Å². The largest absolute Gasteiger partial charge is 0.489 e. The Labute approximate surface area is 365 Å². The van der Waals surface area contributed by atoms with Crippen molar-refractivity contribution < 1.29 is 49.7 Å². The Kier molecular flexibility index (Phi) is 14.4. The summed E-state index contributed by atoms with van der Waals surface area (Å²) >= 11 is 0.